The van der Waals surface area contributed by atoms with Crippen LogP contribution in [0.15, 0.2) is 24.3 Å². The number of carbonyl (C=O) groups excluding carboxylic acids is 3. The predicted molar refractivity (Wildman–Crippen MR) is 99.7 cm³/mol. The molecule has 1 aromatic carbocycles. The minimum absolute atomic E-state index is 0.0780. The van der Waals surface area contributed by atoms with E-state index in [1.54, 1.807) is 36.1 Å². The second-order valence-corrected chi connectivity index (χ2v) is 6.84. The normalized spacial score (nSPS) is 18.1. The van der Waals surface area contributed by atoms with E-state index in [-0.39, 0.29) is 23.6 Å². The van der Waals surface area contributed by atoms with Gasteiger partial charge in [0, 0.05) is 36.8 Å². The highest BCUT2D eigenvalue weighted by atomic mass is 35.5. The lowest BCUT2D eigenvalue weighted by molar-refractivity contribution is -0.137. The van der Waals surface area contributed by atoms with Crippen molar-refractivity contribution in [2.45, 2.75) is 25.8 Å². The third-order valence-electron chi connectivity index (χ3n) is 4.37. The molecule has 1 saturated heterocycles. The number of amides is 3. The molecule has 1 aliphatic rings. The molecule has 2 atom stereocenters. The zero-order valence-corrected chi connectivity index (χ0v) is 15.6. The highest BCUT2D eigenvalue weighted by Gasteiger charge is 2.30. The van der Waals surface area contributed by atoms with Gasteiger partial charge in [-0.15, -0.1) is 0 Å². The van der Waals surface area contributed by atoms with Gasteiger partial charge in [-0.25, -0.2) is 0 Å². The van der Waals surface area contributed by atoms with Crippen LogP contribution in [0.25, 0.3) is 0 Å². The molecule has 0 saturated carbocycles. The second kappa shape index (κ2) is 9.54. The molecule has 0 aromatic heterocycles. The number of piperidine rings is 1. The summed E-state index contributed by atoms with van der Waals surface area (Å²) in [6.45, 7) is 3.40. The van der Waals surface area contributed by atoms with Crippen molar-refractivity contribution in [2.75, 3.05) is 26.2 Å². The Morgan fingerprint density at radius 1 is 1.31 bits per heavy atom. The monoisotopic (exact) mass is 380 g/mol. The maximum atomic E-state index is 12.6. The van der Waals surface area contributed by atoms with E-state index in [9.17, 15) is 14.4 Å². The van der Waals surface area contributed by atoms with Crippen LogP contribution in [0.1, 0.15) is 30.1 Å². The second-order valence-electron chi connectivity index (χ2n) is 6.41. The molecule has 0 radical (unpaired) electrons. The average molecular weight is 381 g/mol. The molecule has 8 heteroatoms. The maximum Gasteiger partial charge on any atom is 0.251 e. The minimum Gasteiger partial charge on any atom is -0.355 e. The number of carbonyl (C=O) groups is 3. The molecular formula is C18H25ClN4O3. The molecule has 4 N–H and O–H groups in total. The zero-order chi connectivity index (χ0) is 19.1. The van der Waals surface area contributed by atoms with Gasteiger partial charge in [0.05, 0.1) is 5.92 Å². The Morgan fingerprint density at radius 3 is 2.65 bits per heavy atom. The quantitative estimate of drug-likeness (QED) is 0.678. The van der Waals surface area contributed by atoms with Crippen LogP contribution in [0.5, 0.6) is 0 Å². The van der Waals surface area contributed by atoms with Crippen LogP contribution >= 0.6 is 11.6 Å². The molecule has 2 rings (SSSR count). The smallest absolute Gasteiger partial charge is 0.251 e. The molecular weight excluding hydrogens is 356 g/mol. The molecule has 1 fully saturated rings. The fraction of sp³-hybridized carbons (Fsp3) is 0.500. The summed E-state index contributed by atoms with van der Waals surface area (Å²) in [6, 6.07) is 5.78. The summed E-state index contributed by atoms with van der Waals surface area (Å²) in [7, 11) is 0. The molecule has 0 aliphatic carbocycles. The summed E-state index contributed by atoms with van der Waals surface area (Å²) in [5.74, 6) is -0.843. The highest BCUT2D eigenvalue weighted by Crippen LogP contribution is 2.17. The van der Waals surface area contributed by atoms with Crippen LogP contribution in [0, 0.1) is 5.92 Å². The van der Waals surface area contributed by atoms with Crippen LogP contribution < -0.4 is 16.4 Å². The Kier molecular flexibility index (Phi) is 7.41. The van der Waals surface area contributed by atoms with Gasteiger partial charge < -0.3 is 21.3 Å². The number of hydrogen-bond acceptors (Lipinski definition) is 4. The minimum atomic E-state index is -0.677. The van der Waals surface area contributed by atoms with Crippen molar-refractivity contribution >= 4 is 29.3 Å². The summed E-state index contributed by atoms with van der Waals surface area (Å²) in [5.41, 5.74) is 5.83. The number of hydrogen-bond donors (Lipinski definition) is 3. The van der Waals surface area contributed by atoms with E-state index in [1.165, 1.54) is 0 Å². The van der Waals surface area contributed by atoms with Gasteiger partial charge in [-0.05, 0) is 44.0 Å². The SMILES string of the molecule is CC(NC(=O)c1ccc(Cl)cc1)C(=O)N1CCCC(C(=O)NCCN)C1. The number of benzene rings is 1. The predicted octanol–water partition coefficient (Wildman–Crippen LogP) is 0.772. The van der Waals surface area contributed by atoms with Crippen LogP contribution in [-0.2, 0) is 9.59 Å². The molecule has 142 valence electrons. The standard InChI is InChI=1S/C18H25ClN4O3/c1-12(22-17(25)13-4-6-15(19)7-5-13)18(26)23-10-2-3-14(11-23)16(24)21-9-8-20/h4-7,12,14H,2-3,8-11,20H2,1H3,(H,21,24)(H,22,25). The van der Waals surface area contributed by atoms with Gasteiger partial charge in [0.1, 0.15) is 6.04 Å². The van der Waals surface area contributed by atoms with E-state index >= 15 is 0 Å². The fourth-order valence-corrected chi connectivity index (χ4v) is 3.07. The summed E-state index contributed by atoms with van der Waals surface area (Å²) in [4.78, 5) is 38.6. The van der Waals surface area contributed by atoms with Gasteiger partial charge in [0.15, 0.2) is 0 Å². The van der Waals surface area contributed by atoms with Gasteiger partial charge in [0.25, 0.3) is 5.91 Å². The first-order chi connectivity index (χ1) is 12.4. The molecule has 7 nitrogen and oxygen atoms in total. The van der Waals surface area contributed by atoms with Gasteiger partial charge in [-0.3, -0.25) is 14.4 Å². The third-order valence-corrected chi connectivity index (χ3v) is 4.62. The first kappa shape index (κ1) is 20.2. The van der Waals surface area contributed by atoms with Crippen molar-refractivity contribution in [3.8, 4) is 0 Å². The lowest BCUT2D eigenvalue weighted by Gasteiger charge is -2.33. The Hall–Kier alpha value is -2.12. The number of nitrogens with two attached hydrogens (primary N) is 1. The summed E-state index contributed by atoms with van der Waals surface area (Å²) in [5, 5.41) is 6.01. The number of halogens is 1. The van der Waals surface area contributed by atoms with Gasteiger partial charge in [0.2, 0.25) is 11.8 Å². The van der Waals surface area contributed by atoms with Crippen molar-refractivity contribution < 1.29 is 14.4 Å². The third kappa shape index (κ3) is 5.44. The molecule has 0 spiro atoms. The number of nitrogens with one attached hydrogen (secondary N) is 2. The van der Waals surface area contributed by atoms with E-state index in [0.29, 0.717) is 36.8 Å². The lowest BCUT2D eigenvalue weighted by atomic mass is 9.96. The summed E-state index contributed by atoms with van der Waals surface area (Å²) >= 11 is 5.81. The maximum absolute atomic E-state index is 12.6. The van der Waals surface area contributed by atoms with Crippen LogP contribution in [0.4, 0.5) is 0 Å². The Bertz CT molecular complexity index is 650. The van der Waals surface area contributed by atoms with Crippen LogP contribution in [0.3, 0.4) is 0 Å². The molecule has 2 unspecified atom stereocenters. The Morgan fingerprint density at radius 2 is 2.00 bits per heavy atom. The first-order valence-corrected chi connectivity index (χ1v) is 9.13. The van der Waals surface area contributed by atoms with Gasteiger partial charge in [-0.2, -0.15) is 0 Å². The van der Waals surface area contributed by atoms with E-state index in [0.717, 1.165) is 12.8 Å². The molecule has 3 amide bonds. The molecule has 1 aliphatic heterocycles. The van der Waals surface area contributed by atoms with E-state index in [4.69, 9.17) is 17.3 Å². The Labute approximate surface area is 158 Å². The topological polar surface area (TPSA) is 105 Å². The number of rotatable bonds is 6. The Balaban J connectivity index is 1.91. The summed E-state index contributed by atoms with van der Waals surface area (Å²) in [6.07, 6.45) is 1.50. The summed E-state index contributed by atoms with van der Waals surface area (Å²) < 4.78 is 0. The number of nitrogens with zero attached hydrogens (tertiary/aromatic N) is 1. The molecule has 0 bridgehead atoms. The van der Waals surface area contributed by atoms with Crippen molar-refractivity contribution in [3.05, 3.63) is 34.9 Å². The zero-order valence-electron chi connectivity index (χ0n) is 14.8. The molecule has 1 aromatic rings. The van der Waals surface area contributed by atoms with E-state index in [1.807, 2.05) is 0 Å². The van der Waals surface area contributed by atoms with Crippen molar-refractivity contribution in [2.24, 2.45) is 11.7 Å². The largest absolute Gasteiger partial charge is 0.355 e. The van der Waals surface area contributed by atoms with E-state index < -0.39 is 6.04 Å². The average Bonchev–Trinajstić information content (AvgIpc) is 2.65. The number of likely N-dealkylation sites (tertiary alicyclic amines) is 1. The molecule has 26 heavy (non-hydrogen) atoms. The van der Waals surface area contributed by atoms with Gasteiger partial charge >= 0.3 is 0 Å². The van der Waals surface area contributed by atoms with Crippen molar-refractivity contribution in [1.29, 1.82) is 0 Å². The van der Waals surface area contributed by atoms with Crippen LogP contribution in [-0.4, -0.2) is 54.8 Å². The lowest BCUT2D eigenvalue weighted by Crippen LogP contribution is -2.52. The van der Waals surface area contributed by atoms with Gasteiger partial charge in [-0.1, -0.05) is 11.6 Å². The van der Waals surface area contributed by atoms with Crippen LogP contribution in [0.2, 0.25) is 5.02 Å². The highest BCUT2D eigenvalue weighted by molar-refractivity contribution is 6.30. The van der Waals surface area contributed by atoms with Crippen molar-refractivity contribution in [1.82, 2.24) is 15.5 Å². The molecule has 1 heterocycles. The van der Waals surface area contributed by atoms with Crippen molar-refractivity contribution in [3.63, 3.8) is 0 Å². The fourth-order valence-electron chi connectivity index (χ4n) is 2.95. The van der Waals surface area contributed by atoms with E-state index in [2.05, 4.69) is 10.6 Å². The first-order valence-electron chi connectivity index (χ1n) is 8.75.